The zero-order valence-corrected chi connectivity index (χ0v) is 17.4. The number of nitrogens with zero attached hydrogens (tertiary/aromatic N) is 1. The summed E-state index contributed by atoms with van der Waals surface area (Å²) in [7, 11) is 1.69. The number of ether oxygens (including phenoxy) is 1. The van der Waals surface area contributed by atoms with E-state index in [1.165, 1.54) is 0 Å². The first-order valence-corrected chi connectivity index (χ1v) is 10.0. The van der Waals surface area contributed by atoms with E-state index in [1.54, 1.807) is 7.11 Å². The molecule has 0 spiro atoms. The zero-order valence-electron chi connectivity index (χ0n) is 15.9. The molecular formula is C25H19Cl2NO. The normalized spacial score (nSPS) is 10.7. The van der Waals surface area contributed by atoms with Crippen LogP contribution in [0, 0.1) is 0 Å². The van der Waals surface area contributed by atoms with Crippen LogP contribution in [0.2, 0.25) is 10.0 Å². The number of hydrogen-bond acceptors (Lipinski definition) is 2. The lowest BCUT2D eigenvalue weighted by atomic mass is 9.91. The molecule has 144 valence electrons. The first-order chi connectivity index (χ1) is 14.2. The van der Waals surface area contributed by atoms with E-state index in [-0.39, 0.29) is 0 Å². The van der Waals surface area contributed by atoms with Gasteiger partial charge < -0.3 is 4.74 Å². The molecule has 0 aliphatic heterocycles. The maximum Gasteiger partial charge on any atom is 0.126 e. The van der Waals surface area contributed by atoms with Crippen molar-refractivity contribution in [1.82, 2.24) is 4.98 Å². The summed E-state index contributed by atoms with van der Waals surface area (Å²) >= 11 is 12.2. The third kappa shape index (κ3) is 4.29. The van der Waals surface area contributed by atoms with Gasteiger partial charge in [0.2, 0.25) is 0 Å². The summed E-state index contributed by atoms with van der Waals surface area (Å²) < 4.78 is 5.62. The van der Waals surface area contributed by atoms with Crippen LogP contribution < -0.4 is 4.74 Å². The Hall–Kier alpha value is -2.81. The summed E-state index contributed by atoms with van der Waals surface area (Å²) in [4.78, 5) is 4.73. The Bertz CT molecular complexity index is 1120. The maximum atomic E-state index is 6.14. The van der Waals surface area contributed by atoms with Gasteiger partial charge in [-0.15, -0.1) is 0 Å². The van der Waals surface area contributed by atoms with Crippen molar-refractivity contribution in [2.45, 2.75) is 6.42 Å². The number of rotatable bonds is 5. The van der Waals surface area contributed by atoms with Gasteiger partial charge in [0.1, 0.15) is 5.75 Å². The fourth-order valence-electron chi connectivity index (χ4n) is 3.47. The van der Waals surface area contributed by atoms with Gasteiger partial charge in [0.25, 0.3) is 0 Å². The average Bonchev–Trinajstić information content (AvgIpc) is 2.76. The molecule has 0 radical (unpaired) electrons. The van der Waals surface area contributed by atoms with E-state index in [0.717, 1.165) is 44.3 Å². The van der Waals surface area contributed by atoms with Crippen molar-refractivity contribution < 1.29 is 4.74 Å². The maximum absolute atomic E-state index is 6.14. The Morgan fingerprint density at radius 2 is 1.41 bits per heavy atom. The van der Waals surface area contributed by atoms with Crippen LogP contribution in [-0.4, -0.2) is 12.1 Å². The molecule has 0 unspecified atom stereocenters. The van der Waals surface area contributed by atoms with Gasteiger partial charge in [-0.2, -0.15) is 0 Å². The van der Waals surface area contributed by atoms with Crippen LogP contribution in [0.5, 0.6) is 5.75 Å². The monoisotopic (exact) mass is 419 g/mol. The van der Waals surface area contributed by atoms with Gasteiger partial charge in [-0.25, -0.2) is 0 Å². The number of pyridine rings is 1. The van der Waals surface area contributed by atoms with Gasteiger partial charge in [0, 0.05) is 33.8 Å². The fourth-order valence-corrected chi connectivity index (χ4v) is 3.72. The number of benzene rings is 3. The predicted molar refractivity (Wildman–Crippen MR) is 121 cm³/mol. The Morgan fingerprint density at radius 3 is 2.10 bits per heavy atom. The first-order valence-electron chi connectivity index (χ1n) is 9.27. The van der Waals surface area contributed by atoms with E-state index in [0.29, 0.717) is 11.4 Å². The minimum absolute atomic E-state index is 0.693. The molecule has 2 nitrogen and oxygen atoms in total. The second-order valence-electron chi connectivity index (χ2n) is 6.69. The molecule has 0 amide bonds. The smallest absolute Gasteiger partial charge is 0.126 e. The molecule has 29 heavy (non-hydrogen) atoms. The second kappa shape index (κ2) is 8.69. The van der Waals surface area contributed by atoms with Crippen molar-refractivity contribution in [2.75, 3.05) is 7.11 Å². The van der Waals surface area contributed by atoms with E-state index in [2.05, 4.69) is 6.07 Å². The SMILES string of the molecule is COc1ccccc1-c1ccnc(Cc2ccc(Cl)cc2)c1-c1ccc(Cl)cc1. The third-order valence-electron chi connectivity index (χ3n) is 4.84. The summed E-state index contributed by atoms with van der Waals surface area (Å²) in [5.74, 6) is 0.825. The lowest BCUT2D eigenvalue weighted by Gasteiger charge is -2.17. The van der Waals surface area contributed by atoms with Crippen molar-refractivity contribution in [2.24, 2.45) is 0 Å². The van der Waals surface area contributed by atoms with E-state index in [9.17, 15) is 0 Å². The summed E-state index contributed by atoms with van der Waals surface area (Å²) in [6.07, 6.45) is 2.55. The van der Waals surface area contributed by atoms with Crippen LogP contribution >= 0.6 is 23.2 Å². The Morgan fingerprint density at radius 1 is 0.759 bits per heavy atom. The molecule has 0 bridgehead atoms. The zero-order chi connectivity index (χ0) is 20.2. The number of halogens is 2. The summed E-state index contributed by atoms with van der Waals surface area (Å²) in [6, 6.07) is 25.8. The predicted octanol–water partition coefficient (Wildman–Crippen LogP) is 7.32. The summed E-state index contributed by atoms with van der Waals surface area (Å²) in [6.45, 7) is 0. The van der Waals surface area contributed by atoms with Crippen LogP contribution in [0.25, 0.3) is 22.3 Å². The van der Waals surface area contributed by atoms with Crippen molar-refractivity contribution in [1.29, 1.82) is 0 Å². The molecule has 4 aromatic rings. The molecule has 4 heteroatoms. The van der Waals surface area contributed by atoms with Gasteiger partial charge in [-0.1, -0.05) is 65.7 Å². The molecule has 0 atom stereocenters. The first kappa shape index (κ1) is 19.5. The molecule has 0 aliphatic rings. The Balaban J connectivity index is 1.91. The minimum atomic E-state index is 0.693. The lowest BCUT2D eigenvalue weighted by Crippen LogP contribution is -1.99. The molecule has 1 heterocycles. The molecule has 0 fully saturated rings. The molecular weight excluding hydrogens is 401 g/mol. The van der Waals surface area contributed by atoms with Crippen LogP contribution in [0.1, 0.15) is 11.3 Å². The van der Waals surface area contributed by atoms with E-state index < -0.39 is 0 Å². The minimum Gasteiger partial charge on any atom is -0.496 e. The van der Waals surface area contributed by atoms with Crippen LogP contribution in [0.3, 0.4) is 0 Å². The Kier molecular flexibility index (Phi) is 5.84. The van der Waals surface area contributed by atoms with Crippen molar-refractivity contribution in [3.63, 3.8) is 0 Å². The summed E-state index contributed by atoms with van der Waals surface area (Å²) in [5, 5.41) is 1.43. The average molecular weight is 420 g/mol. The summed E-state index contributed by atoms with van der Waals surface area (Å²) in [5.41, 5.74) is 6.37. The Labute approximate surface area is 180 Å². The largest absolute Gasteiger partial charge is 0.496 e. The van der Waals surface area contributed by atoms with Crippen LogP contribution in [0.4, 0.5) is 0 Å². The molecule has 0 N–H and O–H groups in total. The van der Waals surface area contributed by atoms with Gasteiger partial charge in [-0.3, -0.25) is 4.98 Å². The third-order valence-corrected chi connectivity index (χ3v) is 5.35. The highest BCUT2D eigenvalue weighted by Crippen LogP contribution is 2.39. The number of hydrogen-bond donors (Lipinski definition) is 0. The highest BCUT2D eigenvalue weighted by Gasteiger charge is 2.16. The lowest BCUT2D eigenvalue weighted by molar-refractivity contribution is 0.416. The van der Waals surface area contributed by atoms with Crippen LogP contribution in [-0.2, 0) is 6.42 Å². The molecule has 0 saturated heterocycles. The van der Waals surface area contributed by atoms with Gasteiger partial charge >= 0.3 is 0 Å². The fraction of sp³-hybridized carbons (Fsp3) is 0.0800. The quantitative estimate of drug-likeness (QED) is 0.337. The van der Waals surface area contributed by atoms with Gasteiger partial charge in [0.15, 0.2) is 0 Å². The topological polar surface area (TPSA) is 22.1 Å². The molecule has 4 rings (SSSR count). The molecule has 3 aromatic carbocycles. The number of methoxy groups -OCH3 is 1. The molecule has 0 saturated carbocycles. The highest BCUT2D eigenvalue weighted by molar-refractivity contribution is 6.30. The van der Waals surface area contributed by atoms with Crippen molar-refractivity contribution in [3.05, 3.63) is 106 Å². The van der Waals surface area contributed by atoms with Crippen molar-refractivity contribution in [3.8, 4) is 28.0 Å². The number of aromatic nitrogens is 1. The second-order valence-corrected chi connectivity index (χ2v) is 7.56. The van der Waals surface area contributed by atoms with E-state index >= 15 is 0 Å². The van der Waals surface area contributed by atoms with Crippen molar-refractivity contribution >= 4 is 23.2 Å². The molecule has 0 aliphatic carbocycles. The van der Waals surface area contributed by atoms with Crippen LogP contribution in [0.15, 0.2) is 85.1 Å². The molecule has 1 aromatic heterocycles. The number of para-hydroxylation sites is 1. The van der Waals surface area contributed by atoms with E-state index in [1.807, 2.05) is 79.0 Å². The van der Waals surface area contributed by atoms with Gasteiger partial charge in [-0.05, 0) is 53.1 Å². The standard InChI is InChI=1S/C25H19Cl2NO/c1-29-24-5-3-2-4-21(24)22-14-15-28-23(16-17-6-10-19(26)11-7-17)25(22)18-8-12-20(27)13-9-18/h2-15H,16H2,1H3. The van der Waals surface area contributed by atoms with Gasteiger partial charge in [0.05, 0.1) is 12.8 Å². The van der Waals surface area contributed by atoms with E-state index in [4.69, 9.17) is 32.9 Å². The highest BCUT2D eigenvalue weighted by atomic mass is 35.5.